The van der Waals surface area contributed by atoms with E-state index >= 15 is 0 Å². The third kappa shape index (κ3) is 3.79. The van der Waals surface area contributed by atoms with Crippen molar-refractivity contribution in [2.24, 2.45) is 0 Å². The summed E-state index contributed by atoms with van der Waals surface area (Å²) in [6, 6.07) is 15.6. The summed E-state index contributed by atoms with van der Waals surface area (Å²) in [6.07, 6.45) is 0. The van der Waals surface area contributed by atoms with Gasteiger partial charge in [0.25, 0.3) is 0 Å². The minimum Gasteiger partial charge on any atom is -0.495 e. The van der Waals surface area contributed by atoms with Crippen LogP contribution in [0.4, 0.5) is 5.69 Å². The normalized spacial score (nSPS) is 10.2. The molecule has 2 aromatic carbocycles. The van der Waals surface area contributed by atoms with Gasteiger partial charge in [-0.05, 0) is 50.1 Å². The number of rotatable bonds is 6. The number of carbonyl (C=O) groups excluding carboxylic acids is 1. The van der Waals surface area contributed by atoms with E-state index in [0.717, 1.165) is 28.4 Å². The number of carbonyl (C=O) groups is 1. The highest BCUT2D eigenvalue weighted by molar-refractivity contribution is 8.00. The summed E-state index contributed by atoms with van der Waals surface area (Å²) in [5.74, 6) is 0.941. The molecule has 0 saturated carbocycles. The van der Waals surface area contributed by atoms with E-state index in [2.05, 4.69) is 11.2 Å². The van der Waals surface area contributed by atoms with Crippen LogP contribution in [0.2, 0.25) is 0 Å². The first kappa shape index (κ1) is 15.4. The Labute approximate surface area is 130 Å². The third-order valence-electron chi connectivity index (χ3n) is 3.12. The number of hydrogen-bond donors (Lipinski definition) is 0. The molecule has 4 heteroatoms. The number of ketones is 1. The lowest BCUT2D eigenvalue weighted by Gasteiger charge is -2.23. The quantitative estimate of drug-likeness (QED) is 0.583. The molecule has 0 bridgehead atoms. The summed E-state index contributed by atoms with van der Waals surface area (Å²) in [4.78, 5) is 12.4. The molecule has 0 atom stereocenters. The van der Waals surface area contributed by atoms with Crippen LogP contribution in [0.5, 0.6) is 5.75 Å². The van der Waals surface area contributed by atoms with Gasteiger partial charge in [-0.3, -0.25) is 4.79 Å². The van der Waals surface area contributed by atoms with E-state index in [9.17, 15) is 4.79 Å². The Morgan fingerprint density at radius 1 is 1.14 bits per heavy atom. The van der Waals surface area contributed by atoms with Crippen LogP contribution < -0.4 is 9.04 Å². The number of hydrogen-bond acceptors (Lipinski definition) is 4. The third-order valence-corrected chi connectivity index (χ3v) is 4.28. The highest BCUT2D eigenvalue weighted by Gasteiger charge is 2.11. The smallest absolute Gasteiger partial charge is 0.159 e. The molecule has 0 aliphatic carbocycles. The van der Waals surface area contributed by atoms with Gasteiger partial charge in [0.05, 0.1) is 12.8 Å². The first-order chi connectivity index (χ1) is 10.2. The zero-order chi connectivity index (χ0) is 15.2. The van der Waals surface area contributed by atoms with Crippen molar-refractivity contribution in [1.29, 1.82) is 0 Å². The average molecular weight is 301 g/mol. The first-order valence-corrected chi connectivity index (χ1v) is 7.62. The van der Waals surface area contributed by atoms with E-state index in [1.807, 2.05) is 48.5 Å². The molecular weight excluding hydrogens is 282 g/mol. The second kappa shape index (κ2) is 7.18. The summed E-state index contributed by atoms with van der Waals surface area (Å²) in [7, 11) is 1.68. The molecule has 0 aromatic heterocycles. The summed E-state index contributed by atoms with van der Waals surface area (Å²) in [5.41, 5.74) is 1.78. The van der Waals surface area contributed by atoms with Gasteiger partial charge in [-0.2, -0.15) is 0 Å². The SMILES string of the molecule is CCN(Sc1ccc(C(C)=O)cc1)c1ccccc1OC. The second-order valence-corrected chi connectivity index (χ2v) is 5.63. The molecule has 0 fully saturated rings. The van der Waals surface area contributed by atoms with Gasteiger partial charge in [-0.15, -0.1) is 0 Å². The van der Waals surface area contributed by atoms with Gasteiger partial charge >= 0.3 is 0 Å². The van der Waals surface area contributed by atoms with Crippen molar-refractivity contribution in [2.45, 2.75) is 18.7 Å². The summed E-state index contributed by atoms with van der Waals surface area (Å²) < 4.78 is 7.59. The second-order valence-electron chi connectivity index (χ2n) is 4.54. The van der Waals surface area contributed by atoms with Crippen LogP contribution in [-0.2, 0) is 0 Å². The molecule has 0 heterocycles. The number of benzene rings is 2. The average Bonchev–Trinajstić information content (AvgIpc) is 2.53. The monoisotopic (exact) mass is 301 g/mol. The largest absolute Gasteiger partial charge is 0.495 e. The van der Waals surface area contributed by atoms with Crippen LogP contribution in [0, 0.1) is 0 Å². The predicted octanol–water partition coefficient (Wildman–Crippen LogP) is 4.43. The Balaban J connectivity index is 2.20. The minimum atomic E-state index is 0.0867. The lowest BCUT2D eigenvalue weighted by Crippen LogP contribution is -2.14. The fraction of sp³-hybridized carbons (Fsp3) is 0.235. The number of anilines is 1. The minimum absolute atomic E-state index is 0.0867. The van der Waals surface area contributed by atoms with Crippen molar-refractivity contribution in [2.75, 3.05) is 18.0 Å². The van der Waals surface area contributed by atoms with E-state index in [0.29, 0.717) is 0 Å². The summed E-state index contributed by atoms with van der Waals surface area (Å²) in [5, 5.41) is 0. The Morgan fingerprint density at radius 3 is 2.38 bits per heavy atom. The zero-order valence-corrected chi connectivity index (χ0v) is 13.3. The molecule has 21 heavy (non-hydrogen) atoms. The van der Waals surface area contributed by atoms with Crippen molar-refractivity contribution in [3.63, 3.8) is 0 Å². The maximum absolute atomic E-state index is 11.3. The van der Waals surface area contributed by atoms with Crippen LogP contribution in [0.1, 0.15) is 24.2 Å². The molecule has 0 amide bonds. The molecule has 0 unspecified atom stereocenters. The molecule has 0 radical (unpaired) electrons. The zero-order valence-electron chi connectivity index (χ0n) is 12.5. The Kier molecular flexibility index (Phi) is 5.28. The maximum Gasteiger partial charge on any atom is 0.159 e. The van der Waals surface area contributed by atoms with Crippen LogP contribution >= 0.6 is 11.9 Å². The Hall–Kier alpha value is -1.94. The Morgan fingerprint density at radius 2 is 1.81 bits per heavy atom. The molecule has 2 rings (SSSR count). The van der Waals surface area contributed by atoms with Crippen molar-refractivity contribution in [3.05, 3.63) is 54.1 Å². The van der Waals surface area contributed by atoms with Gasteiger partial charge < -0.3 is 9.04 Å². The number of Topliss-reactive ketones (excluding diaryl/α,β-unsaturated/α-hetero) is 1. The van der Waals surface area contributed by atoms with Gasteiger partial charge in [-0.1, -0.05) is 24.3 Å². The topological polar surface area (TPSA) is 29.5 Å². The number of ether oxygens (including phenoxy) is 1. The van der Waals surface area contributed by atoms with E-state index in [-0.39, 0.29) is 5.78 Å². The van der Waals surface area contributed by atoms with Gasteiger partial charge in [0.15, 0.2) is 5.78 Å². The molecule has 0 aliphatic heterocycles. The number of methoxy groups -OCH3 is 1. The lowest BCUT2D eigenvalue weighted by molar-refractivity contribution is 0.101. The molecule has 0 saturated heterocycles. The molecule has 0 N–H and O–H groups in total. The van der Waals surface area contributed by atoms with Crippen LogP contribution in [0.25, 0.3) is 0 Å². The highest BCUT2D eigenvalue weighted by atomic mass is 32.2. The number of nitrogens with zero attached hydrogens (tertiary/aromatic N) is 1. The molecule has 3 nitrogen and oxygen atoms in total. The molecule has 2 aromatic rings. The summed E-state index contributed by atoms with van der Waals surface area (Å²) >= 11 is 1.63. The van der Waals surface area contributed by atoms with Gasteiger partial charge in [0.2, 0.25) is 0 Å². The van der Waals surface area contributed by atoms with Crippen LogP contribution in [0.15, 0.2) is 53.4 Å². The van der Waals surface area contributed by atoms with Crippen LogP contribution in [0.3, 0.4) is 0 Å². The maximum atomic E-state index is 11.3. The molecular formula is C17H19NO2S. The molecule has 110 valence electrons. The van der Waals surface area contributed by atoms with E-state index in [1.165, 1.54) is 0 Å². The van der Waals surface area contributed by atoms with Gasteiger partial charge in [0, 0.05) is 17.0 Å². The summed E-state index contributed by atoms with van der Waals surface area (Å²) in [6.45, 7) is 4.53. The standard InChI is InChI=1S/C17H19NO2S/c1-4-18(16-7-5-6-8-17(16)20-3)21-15-11-9-14(10-12-15)13(2)19/h5-12H,4H2,1-3H3. The van der Waals surface area contributed by atoms with E-state index < -0.39 is 0 Å². The van der Waals surface area contributed by atoms with Crippen molar-refractivity contribution < 1.29 is 9.53 Å². The van der Waals surface area contributed by atoms with Gasteiger partial charge in [-0.25, -0.2) is 0 Å². The Bertz CT molecular complexity index is 610. The number of para-hydroxylation sites is 2. The van der Waals surface area contributed by atoms with Crippen LogP contribution in [-0.4, -0.2) is 19.4 Å². The fourth-order valence-electron chi connectivity index (χ4n) is 2.00. The van der Waals surface area contributed by atoms with E-state index in [4.69, 9.17) is 4.74 Å². The predicted molar refractivity (Wildman–Crippen MR) is 88.3 cm³/mol. The van der Waals surface area contributed by atoms with Gasteiger partial charge in [0.1, 0.15) is 5.75 Å². The van der Waals surface area contributed by atoms with E-state index in [1.54, 1.807) is 26.0 Å². The first-order valence-electron chi connectivity index (χ1n) is 6.85. The molecule has 0 spiro atoms. The van der Waals surface area contributed by atoms with Crippen molar-refractivity contribution in [3.8, 4) is 5.75 Å². The highest BCUT2D eigenvalue weighted by Crippen LogP contribution is 2.35. The lowest BCUT2D eigenvalue weighted by atomic mass is 10.2. The van der Waals surface area contributed by atoms with Crippen molar-refractivity contribution >= 4 is 23.4 Å². The fourth-order valence-corrected chi connectivity index (χ4v) is 2.89. The van der Waals surface area contributed by atoms with Crippen molar-refractivity contribution in [1.82, 2.24) is 0 Å². The molecule has 0 aliphatic rings.